The number of allylic oxidation sites excluding steroid dienone is 1. The van der Waals surface area contributed by atoms with E-state index in [1.54, 1.807) is 0 Å². The monoisotopic (exact) mass is 268 g/mol. The van der Waals surface area contributed by atoms with Crippen molar-refractivity contribution in [2.45, 2.75) is 57.0 Å². The molecule has 0 saturated heterocycles. The second-order valence-electron chi connectivity index (χ2n) is 6.83. The van der Waals surface area contributed by atoms with Crippen LogP contribution in [-0.2, 0) is 6.42 Å². The number of aryl methyl sites for hydroxylation is 1. The lowest BCUT2D eigenvalue weighted by Crippen LogP contribution is -2.14. The van der Waals surface area contributed by atoms with Crippen LogP contribution in [-0.4, -0.2) is 11.2 Å². The first-order valence-corrected chi connectivity index (χ1v) is 8.31. The lowest BCUT2D eigenvalue weighted by molar-refractivity contribution is 0.174. The van der Waals surface area contributed by atoms with Crippen molar-refractivity contribution in [2.75, 3.05) is 0 Å². The zero-order valence-electron chi connectivity index (χ0n) is 12.1. The topological polar surface area (TPSA) is 20.2 Å². The van der Waals surface area contributed by atoms with Crippen molar-refractivity contribution in [1.29, 1.82) is 0 Å². The van der Waals surface area contributed by atoms with Crippen molar-refractivity contribution >= 4 is 0 Å². The smallest absolute Gasteiger partial charge is 0.0787 e. The molecule has 0 bridgehead atoms. The average Bonchev–Trinajstić information content (AvgIpc) is 3.26. The van der Waals surface area contributed by atoms with Crippen LogP contribution in [0.4, 0.5) is 0 Å². The van der Waals surface area contributed by atoms with Gasteiger partial charge >= 0.3 is 0 Å². The minimum absolute atomic E-state index is 0.172. The Labute approximate surface area is 121 Å². The largest absolute Gasteiger partial charge is 0.388 e. The molecule has 20 heavy (non-hydrogen) atoms. The minimum atomic E-state index is -0.172. The predicted molar refractivity (Wildman–Crippen MR) is 81.7 cm³/mol. The summed E-state index contributed by atoms with van der Waals surface area (Å²) in [5.74, 6) is 1.88. The van der Waals surface area contributed by atoms with Crippen LogP contribution in [0, 0.1) is 11.8 Å². The highest BCUT2D eigenvalue weighted by Gasteiger charge is 2.56. The summed E-state index contributed by atoms with van der Waals surface area (Å²) in [4.78, 5) is 0. The molecule has 0 amide bonds. The standard InChI is InChI=1S/C19H24O/c20-19(14-8-3-1-2-4-9-14)18-16-12-11-13-7-5-6-10-15(13)17(16)18/h5-8,10,16-20H,1-4,9,11-12H2. The molecule has 4 rings (SSSR count). The molecule has 1 aromatic carbocycles. The highest BCUT2D eigenvalue weighted by Crippen LogP contribution is 2.62. The first kappa shape index (κ1) is 12.6. The molecule has 1 saturated carbocycles. The summed E-state index contributed by atoms with van der Waals surface area (Å²) in [7, 11) is 0. The third-order valence-electron chi connectivity index (χ3n) is 5.71. The lowest BCUT2D eigenvalue weighted by Gasteiger charge is -2.15. The van der Waals surface area contributed by atoms with E-state index >= 15 is 0 Å². The van der Waals surface area contributed by atoms with Crippen LogP contribution in [0.25, 0.3) is 0 Å². The van der Waals surface area contributed by atoms with E-state index in [4.69, 9.17) is 0 Å². The van der Waals surface area contributed by atoms with Crippen molar-refractivity contribution in [3.63, 3.8) is 0 Å². The molecule has 106 valence electrons. The van der Waals surface area contributed by atoms with Gasteiger partial charge in [-0.1, -0.05) is 36.8 Å². The SMILES string of the molecule is OC(C1=CCCCCC1)C1C2CCc3ccccc3C21. The quantitative estimate of drug-likeness (QED) is 0.796. The van der Waals surface area contributed by atoms with Gasteiger partial charge < -0.3 is 5.11 Å². The van der Waals surface area contributed by atoms with Gasteiger partial charge in [0.2, 0.25) is 0 Å². The zero-order valence-corrected chi connectivity index (χ0v) is 12.1. The molecular formula is C19H24O. The van der Waals surface area contributed by atoms with E-state index in [1.807, 2.05) is 0 Å². The first-order valence-electron chi connectivity index (χ1n) is 8.31. The Morgan fingerprint density at radius 2 is 1.95 bits per heavy atom. The maximum absolute atomic E-state index is 10.8. The maximum Gasteiger partial charge on any atom is 0.0787 e. The fourth-order valence-corrected chi connectivity index (χ4v) is 4.61. The third kappa shape index (κ3) is 2.03. The van der Waals surface area contributed by atoms with Crippen molar-refractivity contribution in [3.05, 3.63) is 47.0 Å². The van der Waals surface area contributed by atoms with E-state index in [2.05, 4.69) is 30.3 Å². The van der Waals surface area contributed by atoms with Crippen molar-refractivity contribution in [3.8, 4) is 0 Å². The summed E-state index contributed by atoms with van der Waals surface area (Å²) >= 11 is 0. The molecule has 0 radical (unpaired) electrons. The molecule has 4 unspecified atom stereocenters. The average molecular weight is 268 g/mol. The molecule has 1 heteroatoms. The predicted octanol–water partition coefficient (Wildman–Crippen LogP) is 4.21. The van der Waals surface area contributed by atoms with Gasteiger partial charge in [0.1, 0.15) is 0 Å². The molecule has 3 aliphatic carbocycles. The molecule has 1 N–H and O–H groups in total. The van der Waals surface area contributed by atoms with Crippen LogP contribution in [0.5, 0.6) is 0 Å². The highest BCUT2D eigenvalue weighted by atomic mass is 16.3. The Hall–Kier alpha value is -1.08. The Morgan fingerprint density at radius 3 is 2.90 bits per heavy atom. The van der Waals surface area contributed by atoms with Gasteiger partial charge in [0, 0.05) is 0 Å². The third-order valence-corrected chi connectivity index (χ3v) is 5.71. The molecule has 0 spiro atoms. The van der Waals surface area contributed by atoms with Crippen LogP contribution in [0.3, 0.4) is 0 Å². The Morgan fingerprint density at radius 1 is 1.05 bits per heavy atom. The molecule has 0 aromatic heterocycles. The van der Waals surface area contributed by atoms with Gasteiger partial charge in [-0.05, 0) is 73.0 Å². The van der Waals surface area contributed by atoms with Crippen molar-refractivity contribution in [1.82, 2.24) is 0 Å². The maximum atomic E-state index is 10.8. The van der Waals surface area contributed by atoms with E-state index in [1.165, 1.54) is 55.2 Å². The molecule has 4 atom stereocenters. The van der Waals surface area contributed by atoms with Crippen LogP contribution in [0.1, 0.15) is 55.6 Å². The Kier molecular flexibility index (Phi) is 3.18. The lowest BCUT2D eigenvalue weighted by atomic mass is 9.92. The summed E-state index contributed by atoms with van der Waals surface area (Å²) in [6.07, 6.45) is 10.8. The van der Waals surface area contributed by atoms with Crippen LogP contribution >= 0.6 is 0 Å². The summed E-state index contributed by atoms with van der Waals surface area (Å²) in [6, 6.07) is 8.88. The highest BCUT2D eigenvalue weighted by molar-refractivity contribution is 5.41. The van der Waals surface area contributed by atoms with Crippen molar-refractivity contribution < 1.29 is 5.11 Å². The van der Waals surface area contributed by atoms with E-state index in [9.17, 15) is 5.11 Å². The van der Waals surface area contributed by atoms with E-state index in [0.717, 1.165) is 12.3 Å². The summed E-state index contributed by atoms with van der Waals surface area (Å²) < 4.78 is 0. The van der Waals surface area contributed by atoms with Gasteiger partial charge in [0.15, 0.2) is 0 Å². The van der Waals surface area contributed by atoms with E-state index in [0.29, 0.717) is 11.8 Å². The number of aliphatic hydroxyl groups is 1. The molecule has 1 nitrogen and oxygen atoms in total. The number of fused-ring (bicyclic) bond motifs is 3. The second kappa shape index (κ2) is 5.04. The van der Waals surface area contributed by atoms with Crippen LogP contribution in [0.2, 0.25) is 0 Å². The number of benzene rings is 1. The number of rotatable bonds is 2. The van der Waals surface area contributed by atoms with Gasteiger partial charge in [-0.25, -0.2) is 0 Å². The van der Waals surface area contributed by atoms with Gasteiger partial charge in [-0.2, -0.15) is 0 Å². The van der Waals surface area contributed by atoms with Crippen molar-refractivity contribution in [2.24, 2.45) is 11.8 Å². The number of aliphatic hydroxyl groups excluding tert-OH is 1. The van der Waals surface area contributed by atoms with E-state index < -0.39 is 0 Å². The second-order valence-corrected chi connectivity index (χ2v) is 6.83. The van der Waals surface area contributed by atoms with Crippen LogP contribution in [0.15, 0.2) is 35.9 Å². The summed E-state index contributed by atoms with van der Waals surface area (Å²) in [5, 5.41) is 10.8. The molecule has 0 aliphatic heterocycles. The molecule has 1 aromatic rings. The Balaban J connectivity index is 1.56. The van der Waals surface area contributed by atoms with Gasteiger partial charge in [0.25, 0.3) is 0 Å². The molecule has 3 aliphatic rings. The van der Waals surface area contributed by atoms with Crippen LogP contribution < -0.4 is 0 Å². The molecular weight excluding hydrogens is 244 g/mol. The fourth-order valence-electron chi connectivity index (χ4n) is 4.61. The minimum Gasteiger partial charge on any atom is -0.388 e. The number of hydrogen-bond donors (Lipinski definition) is 1. The van der Waals surface area contributed by atoms with Gasteiger partial charge in [0.05, 0.1) is 6.10 Å². The molecule has 1 fully saturated rings. The Bertz CT molecular complexity index is 530. The zero-order chi connectivity index (χ0) is 13.5. The summed E-state index contributed by atoms with van der Waals surface area (Å²) in [6.45, 7) is 0. The fraction of sp³-hybridized carbons (Fsp3) is 0.579. The first-order chi connectivity index (χ1) is 9.86. The normalized spacial score (nSPS) is 33.5. The van der Waals surface area contributed by atoms with Gasteiger partial charge in [-0.3, -0.25) is 0 Å². The van der Waals surface area contributed by atoms with Gasteiger partial charge in [-0.15, -0.1) is 0 Å². The molecule has 0 heterocycles. The van der Waals surface area contributed by atoms with E-state index in [-0.39, 0.29) is 6.10 Å². The number of hydrogen-bond acceptors (Lipinski definition) is 1. The summed E-state index contributed by atoms with van der Waals surface area (Å²) in [5.41, 5.74) is 4.40.